The number of pyridine rings is 1. The molecular formula is C28H31N9O. The van der Waals surface area contributed by atoms with Gasteiger partial charge in [0.1, 0.15) is 23.2 Å². The number of likely N-dealkylation sites (N-methyl/N-ethyl adjacent to an activating group) is 1. The fraction of sp³-hybridized carbons (Fsp3) is 0.286. The lowest BCUT2D eigenvalue weighted by molar-refractivity contribution is -0.123. The molecule has 1 aliphatic rings. The maximum absolute atomic E-state index is 12.0. The van der Waals surface area contributed by atoms with Crippen LogP contribution in [0, 0.1) is 6.92 Å². The highest BCUT2D eigenvalue weighted by atomic mass is 16.2. The Bertz CT molecular complexity index is 1390. The standard InChI is InChI=1S/C28H31N9O/c1-19-4-3-5-22(33-19)27-32-13-11-25(36-27)34-24-10-12-31-26(35-24)16-20-6-8-21(9-7-20)17-37-15-14-30-23(18-37)28(38)29-2/h3-13,23,30H,14-18H2,1-2H3,(H,29,38)(H,31,32,34,35,36)/t23-/m0/s1. The molecule has 1 amide bonds. The Morgan fingerprint density at radius 3 is 2.53 bits per heavy atom. The van der Waals surface area contributed by atoms with Crippen molar-refractivity contribution in [3.63, 3.8) is 0 Å². The number of nitrogens with one attached hydrogen (secondary N) is 3. The number of aryl methyl sites for hydroxylation is 1. The van der Waals surface area contributed by atoms with Crippen molar-refractivity contribution >= 4 is 17.5 Å². The zero-order valence-corrected chi connectivity index (χ0v) is 21.6. The van der Waals surface area contributed by atoms with Gasteiger partial charge in [0, 0.05) is 57.7 Å². The van der Waals surface area contributed by atoms with Crippen molar-refractivity contribution in [1.82, 2.24) is 40.5 Å². The monoisotopic (exact) mass is 509 g/mol. The maximum atomic E-state index is 12.0. The SMILES string of the molecule is CNC(=O)[C@@H]1CN(Cc2ccc(Cc3nccc(Nc4ccnc(-c5cccc(C)n5)n4)n3)cc2)CCN1. The largest absolute Gasteiger partial charge is 0.358 e. The average Bonchev–Trinajstić information content (AvgIpc) is 2.94. The molecule has 10 nitrogen and oxygen atoms in total. The van der Waals surface area contributed by atoms with E-state index in [0.717, 1.165) is 36.6 Å². The van der Waals surface area contributed by atoms with Gasteiger partial charge < -0.3 is 16.0 Å². The van der Waals surface area contributed by atoms with Crippen molar-refractivity contribution in [3.8, 4) is 11.5 Å². The quantitative estimate of drug-likeness (QED) is 0.329. The normalized spacial score (nSPS) is 15.7. The maximum Gasteiger partial charge on any atom is 0.238 e. The van der Waals surface area contributed by atoms with Crippen LogP contribution >= 0.6 is 0 Å². The van der Waals surface area contributed by atoms with E-state index in [1.165, 1.54) is 5.56 Å². The van der Waals surface area contributed by atoms with E-state index < -0.39 is 0 Å². The van der Waals surface area contributed by atoms with Crippen LogP contribution < -0.4 is 16.0 Å². The number of hydrogen-bond donors (Lipinski definition) is 3. The van der Waals surface area contributed by atoms with Gasteiger partial charge in [-0.05, 0) is 42.3 Å². The van der Waals surface area contributed by atoms with Gasteiger partial charge in [-0.1, -0.05) is 30.3 Å². The van der Waals surface area contributed by atoms with Crippen LogP contribution in [0.25, 0.3) is 11.5 Å². The first kappa shape index (κ1) is 25.4. The van der Waals surface area contributed by atoms with Crippen LogP contribution in [0.4, 0.5) is 11.6 Å². The molecule has 1 aromatic carbocycles. The van der Waals surface area contributed by atoms with Crippen molar-refractivity contribution < 1.29 is 4.79 Å². The van der Waals surface area contributed by atoms with E-state index in [9.17, 15) is 4.79 Å². The van der Waals surface area contributed by atoms with E-state index in [-0.39, 0.29) is 11.9 Å². The first-order chi connectivity index (χ1) is 18.6. The number of benzene rings is 1. The summed E-state index contributed by atoms with van der Waals surface area (Å²) in [6.07, 6.45) is 4.07. The lowest BCUT2D eigenvalue weighted by Gasteiger charge is -2.32. The summed E-state index contributed by atoms with van der Waals surface area (Å²) in [4.78, 5) is 36.9. The summed E-state index contributed by atoms with van der Waals surface area (Å²) in [7, 11) is 1.67. The molecule has 0 unspecified atom stereocenters. The van der Waals surface area contributed by atoms with E-state index in [1.54, 1.807) is 25.5 Å². The van der Waals surface area contributed by atoms with Crippen LogP contribution in [-0.2, 0) is 17.8 Å². The molecule has 3 aromatic heterocycles. The molecule has 0 bridgehead atoms. The Morgan fingerprint density at radius 2 is 1.74 bits per heavy atom. The molecule has 1 atom stereocenters. The molecule has 38 heavy (non-hydrogen) atoms. The predicted molar refractivity (Wildman–Crippen MR) is 146 cm³/mol. The molecule has 4 heterocycles. The van der Waals surface area contributed by atoms with Crippen LogP contribution in [0.5, 0.6) is 0 Å². The number of aromatic nitrogens is 5. The zero-order chi connectivity index (χ0) is 26.3. The Morgan fingerprint density at radius 1 is 0.974 bits per heavy atom. The lowest BCUT2D eigenvalue weighted by Crippen LogP contribution is -2.56. The number of hydrogen-bond acceptors (Lipinski definition) is 9. The first-order valence-electron chi connectivity index (χ1n) is 12.7. The number of amides is 1. The Balaban J connectivity index is 1.20. The van der Waals surface area contributed by atoms with Gasteiger partial charge in [0.05, 0.1) is 6.04 Å². The average molecular weight is 510 g/mol. The Hall–Kier alpha value is -4.28. The van der Waals surface area contributed by atoms with Crippen molar-refractivity contribution in [2.75, 3.05) is 32.0 Å². The van der Waals surface area contributed by atoms with Crippen molar-refractivity contribution in [2.45, 2.75) is 25.9 Å². The number of carbonyl (C=O) groups is 1. The highest BCUT2D eigenvalue weighted by Gasteiger charge is 2.24. The third-order valence-electron chi connectivity index (χ3n) is 6.35. The van der Waals surface area contributed by atoms with Crippen LogP contribution in [0.1, 0.15) is 22.6 Å². The van der Waals surface area contributed by atoms with Gasteiger partial charge in [-0.15, -0.1) is 0 Å². The van der Waals surface area contributed by atoms with E-state index in [2.05, 4.69) is 70.0 Å². The molecule has 10 heteroatoms. The molecule has 0 spiro atoms. The molecule has 1 saturated heterocycles. The fourth-order valence-corrected chi connectivity index (χ4v) is 4.41. The zero-order valence-electron chi connectivity index (χ0n) is 21.6. The summed E-state index contributed by atoms with van der Waals surface area (Å²) in [6.45, 7) is 5.17. The Kier molecular flexibility index (Phi) is 7.91. The molecule has 0 radical (unpaired) electrons. The topological polar surface area (TPSA) is 121 Å². The summed E-state index contributed by atoms with van der Waals surface area (Å²) in [6, 6.07) is 17.7. The van der Waals surface area contributed by atoms with Crippen molar-refractivity contribution in [1.29, 1.82) is 0 Å². The number of rotatable bonds is 8. The Labute approximate surface area is 222 Å². The lowest BCUT2D eigenvalue weighted by atomic mass is 10.1. The summed E-state index contributed by atoms with van der Waals surface area (Å²) in [5.41, 5.74) is 3.98. The number of piperazine rings is 1. The minimum atomic E-state index is -0.167. The summed E-state index contributed by atoms with van der Waals surface area (Å²) < 4.78 is 0. The highest BCUT2D eigenvalue weighted by Crippen LogP contribution is 2.18. The van der Waals surface area contributed by atoms with Gasteiger partial charge in [0.15, 0.2) is 5.82 Å². The summed E-state index contributed by atoms with van der Waals surface area (Å²) >= 11 is 0. The highest BCUT2D eigenvalue weighted by molar-refractivity contribution is 5.81. The minimum absolute atomic E-state index is 0.0326. The van der Waals surface area contributed by atoms with Crippen LogP contribution in [0.2, 0.25) is 0 Å². The summed E-state index contributed by atoms with van der Waals surface area (Å²) in [5.74, 6) is 2.60. The first-order valence-corrected chi connectivity index (χ1v) is 12.7. The van der Waals surface area contributed by atoms with E-state index in [4.69, 9.17) is 0 Å². The van der Waals surface area contributed by atoms with E-state index in [1.807, 2.05) is 31.2 Å². The van der Waals surface area contributed by atoms with Crippen LogP contribution in [0.3, 0.4) is 0 Å². The molecule has 3 N–H and O–H groups in total. The molecule has 5 rings (SSSR count). The second-order valence-corrected chi connectivity index (χ2v) is 9.26. The number of anilines is 2. The van der Waals surface area contributed by atoms with Crippen LogP contribution in [0.15, 0.2) is 67.0 Å². The van der Waals surface area contributed by atoms with Gasteiger partial charge in [0.2, 0.25) is 5.91 Å². The third-order valence-corrected chi connectivity index (χ3v) is 6.35. The summed E-state index contributed by atoms with van der Waals surface area (Å²) in [5, 5.41) is 9.25. The van der Waals surface area contributed by atoms with E-state index >= 15 is 0 Å². The van der Waals surface area contributed by atoms with Crippen molar-refractivity contribution in [2.24, 2.45) is 0 Å². The van der Waals surface area contributed by atoms with Crippen molar-refractivity contribution in [3.05, 3.63) is 89.6 Å². The fourth-order valence-electron chi connectivity index (χ4n) is 4.41. The molecule has 0 saturated carbocycles. The molecule has 1 fully saturated rings. The van der Waals surface area contributed by atoms with E-state index in [0.29, 0.717) is 36.3 Å². The molecule has 0 aliphatic carbocycles. The third kappa shape index (κ3) is 6.53. The van der Waals surface area contributed by atoms with Gasteiger partial charge in [-0.2, -0.15) is 0 Å². The minimum Gasteiger partial charge on any atom is -0.358 e. The number of nitrogens with zero attached hydrogens (tertiary/aromatic N) is 6. The molecular weight excluding hydrogens is 478 g/mol. The predicted octanol–water partition coefficient (Wildman–Crippen LogP) is 2.49. The second kappa shape index (κ2) is 11.8. The molecule has 194 valence electrons. The molecule has 4 aromatic rings. The van der Waals surface area contributed by atoms with Gasteiger partial charge in [-0.25, -0.2) is 24.9 Å². The second-order valence-electron chi connectivity index (χ2n) is 9.26. The van der Waals surface area contributed by atoms with Crippen LogP contribution in [-0.4, -0.2) is 68.5 Å². The number of carbonyl (C=O) groups excluding carboxylic acids is 1. The van der Waals surface area contributed by atoms with Gasteiger partial charge in [-0.3, -0.25) is 9.69 Å². The smallest absolute Gasteiger partial charge is 0.238 e. The van der Waals surface area contributed by atoms with Gasteiger partial charge >= 0.3 is 0 Å². The molecule has 1 aliphatic heterocycles. The van der Waals surface area contributed by atoms with Gasteiger partial charge in [0.25, 0.3) is 0 Å².